The van der Waals surface area contributed by atoms with E-state index in [9.17, 15) is 5.26 Å². The van der Waals surface area contributed by atoms with E-state index in [-0.39, 0.29) is 0 Å². The van der Waals surface area contributed by atoms with Crippen molar-refractivity contribution in [3.05, 3.63) is 95.6 Å². The van der Waals surface area contributed by atoms with Gasteiger partial charge in [-0.2, -0.15) is 5.26 Å². The normalized spacial score (nSPS) is 10.3. The molecule has 3 heteroatoms. The van der Waals surface area contributed by atoms with Crippen molar-refractivity contribution in [3.63, 3.8) is 0 Å². The zero-order valence-electron chi connectivity index (χ0n) is 13.2. The van der Waals surface area contributed by atoms with Crippen LogP contribution in [-0.2, 0) is 11.5 Å². The first-order chi connectivity index (χ1) is 11.8. The highest BCUT2D eigenvalue weighted by Gasteiger charge is 2.06. The Morgan fingerprint density at radius 2 is 1.29 bits per heavy atom. The quantitative estimate of drug-likeness (QED) is 0.500. The van der Waals surface area contributed by atoms with Crippen molar-refractivity contribution in [2.24, 2.45) is 0 Å². The van der Waals surface area contributed by atoms with E-state index in [2.05, 4.69) is 48.5 Å². The van der Waals surface area contributed by atoms with E-state index < -0.39 is 0 Å². The lowest BCUT2D eigenvalue weighted by Gasteiger charge is -2.08. The highest BCUT2D eigenvalue weighted by atomic mass is 32.2. The van der Waals surface area contributed by atoms with E-state index in [0.717, 1.165) is 22.0 Å². The Hall–Kier alpha value is -2.15. The largest absolute Gasteiger partial charge is 0.192 e. The number of benzene rings is 3. The van der Waals surface area contributed by atoms with Crippen molar-refractivity contribution in [2.45, 2.75) is 21.3 Å². The molecule has 24 heavy (non-hydrogen) atoms. The third-order valence-corrected chi connectivity index (χ3v) is 5.75. The van der Waals surface area contributed by atoms with E-state index in [0.29, 0.717) is 0 Å². The Morgan fingerprint density at radius 3 is 1.88 bits per heavy atom. The van der Waals surface area contributed by atoms with Gasteiger partial charge in [0.25, 0.3) is 0 Å². The first kappa shape index (κ1) is 16.7. The van der Waals surface area contributed by atoms with Gasteiger partial charge in [-0.25, -0.2) is 0 Å². The average Bonchev–Trinajstić information content (AvgIpc) is 2.66. The topological polar surface area (TPSA) is 23.8 Å². The van der Waals surface area contributed by atoms with Crippen LogP contribution in [0.25, 0.3) is 0 Å². The van der Waals surface area contributed by atoms with Crippen LogP contribution in [0.4, 0.5) is 0 Å². The second-order valence-corrected chi connectivity index (χ2v) is 7.38. The van der Waals surface area contributed by atoms with Crippen molar-refractivity contribution < 1.29 is 0 Å². The van der Waals surface area contributed by atoms with Gasteiger partial charge in [0.1, 0.15) is 6.07 Å². The lowest BCUT2D eigenvalue weighted by molar-refractivity contribution is 1.27. The Balaban J connectivity index is 1.69. The summed E-state index contributed by atoms with van der Waals surface area (Å²) in [5, 5.41) is 9.34. The predicted octanol–water partition coefficient (Wildman–Crippen LogP) is 6.14. The minimum Gasteiger partial charge on any atom is -0.192 e. The molecule has 0 saturated carbocycles. The first-order valence-corrected chi connectivity index (χ1v) is 9.70. The molecule has 0 amide bonds. The molecule has 3 aromatic rings. The molecule has 3 aromatic carbocycles. The molecule has 0 aliphatic heterocycles. The van der Waals surface area contributed by atoms with E-state index in [1.165, 1.54) is 16.0 Å². The third-order valence-electron chi connectivity index (χ3n) is 3.56. The average molecular weight is 348 g/mol. The molecule has 0 aliphatic carbocycles. The lowest BCUT2D eigenvalue weighted by atomic mass is 10.2. The smallest absolute Gasteiger partial charge is 0.100 e. The van der Waals surface area contributed by atoms with E-state index in [1.54, 1.807) is 23.5 Å². The molecule has 0 unspecified atom stereocenters. The fraction of sp³-hybridized carbons (Fsp3) is 0.0952. The second kappa shape index (κ2) is 8.63. The van der Waals surface area contributed by atoms with Crippen LogP contribution in [-0.4, -0.2) is 0 Å². The Kier molecular flexibility index (Phi) is 6.01. The van der Waals surface area contributed by atoms with Crippen molar-refractivity contribution in [2.75, 3.05) is 0 Å². The van der Waals surface area contributed by atoms with Gasteiger partial charge in [0, 0.05) is 21.3 Å². The van der Waals surface area contributed by atoms with Crippen molar-refractivity contribution >= 4 is 23.5 Å². The number of nitriles is 1. The summed E-state index contributed by atoms with van der Waals surface area (Å²) in [6.45, 7) is 0. The molecule has 0 spiro atoms. The summed E-state index contributed by atoms with van der Waals surface area (Å²) in [5.41, 5.74) is 3.33. The minimum atomic E-state index is 0.750. The highest BCUT2D eigenvalue weighted by molar-refractivity contribution is 7.99. The molecule has 0 aliphatic rings. The van der Waals surface area contributed by atoms with Gasteiger partial charge in [0.15, 0.2) is 0 Å². The molecule has 0 atom stereocenters. The van der Waals surface area contributed by atoms with Crippen LogP contribution in [0.5, 0.6) is 0 Å². The Bertz CT molecular complexity index is 823. The Morgan fingerprint density at radius 1 is 0.708 bits per heavy atom. The first-order valence-electron chi connectivity index (χ1n) is 7.73. The van der Waals surface area contributed by atoms with Crippen LogP contribution in [0.15, 0.2) is 88.7 Å². The number of nitrogens with zero attached hydrogens (tertiary/aromatic N) is 1. The van der Waals surface area contributed by atoms with Gasteiger partial charge >= 0.3 is 0 Å². The molecule has 0 N–H and O–H groups in total. The third kappa shape index (κ3) is 4.67. The van der Waals surface area contributed by atoms with E-state index >= 15 is 0 Å². The van der Waals surface area contributed by atoms with Gasteiger partial charge in [0.05, 0.1) is 5.56 Å². The predicted molar refractivity (Wildman–Crippen MR) is 103 cm³/mol. The molecule has 0 saturated heterocycles. The fourth-order valence-electron chi connectivity index (χ4n) is 2.28. The highest BCUT2D eigenvalue weighted by Crippen LogP contribution is 2.31. The van der Waals surface area contributed by atoms with Gasteiger partial charge in [-0.3, -0.25) is 0 Å². The molecule has 0 radical (unpaired) electrons. The molecule has 0 aromatic heterocycles. The summed E-state index contributed by atoms with van der Waals surface area (Å²) in [7, 11) is 0. The maximum Gasteiger partial charge on any atom is 0.100 e. The van der Waals surface area contributed by atoms with Crippen molar-refractivity contribution in [1.82, 2.24) is 0 Å². The summed E-state index contributed by atoms with van der Waals surface area (Å²) in [4.78, 5) is 2.26. The van der Waals surface area contributed by atoms with Gasteiger partial charge in [-0.1, -0.05) is 60.7 Å². The van der Waals surface area contributed by atoms with Gasteiger partial charge in [-0.05, 0) is 29.3 Å². The number of thioether (sulfide) groups is 2. The molecule has 118 valence electrons. The van der Waals surface area contributed by atoms with Crippen molar-refractivity contribution in [3.8, 4) is 6.07 Å². The van der Waals surface area contributed by atoms with E-state index in [1.807, 2.05) is 36.4 Å². The van der Waals surface area contributed by atoms with Crippen LogP contribution in [0.2, 0.25) is 0 Å². The van der Waals surface area contributed by atoms with Crippen molar-refractivity contribution in [1.29, 1.82) is 5.26 Å². The molecule has 3 rings (SSSR count). The maximum absolute atomic E-state index is 9.34. The van der Waals surface area contributed by atoms with Gasteiger partial charge < -0.3 is 0 Å². The summed E-state index contributed by atoms with van der Waals surface area (Å²) in [6, 6.07) is 29.2. The molecule has 0 heterocycles. The van der Waals surface area contributed by atoms with Crippen LogP contribution >= 0.6 is 23.5 Å². The standard InChI is InChI=1S/C21H17NS2/c22-14-19-11-12-20(23-15-17-7-3-1-4-8-17)13-21(19)24-16-18-9-5-2-6-10-18/h1-13H,15-16H2. The van der Waals surface area contributed by atoms with Crippen LogP contribution < -0.4 is 0 Å². The minimum absolute atomic E-state index is 0.750. The zero-order chi connectivity index (χ0) is 16.6. The van der Waals surface area contributed by atoms with E-state index in [4.69, 9.17) is 0 Å². The van der Waals surface area contributed by atoms with Crippen LogP contribution in [0.1, 0.15) is 16.7 Å². The summed E-state index contributed by atoms with van der Waals surface area (Å²) < 4.78 is 0. The number of hydrogen-bond acceptors (Lipinski definition) is 3. The zero-order valence-corrected chi connectivity index (χ0v) is 14.8. The summed E-state index contributed by atoms with van der Waals surface area (Å²) in [5.74, 6) is 1.82. The SMILES string of the molecule is N#Cc1ccc(SCc2ccccc2)cc1SCc1ccccc1. The monoisotopic (exact) mass is 347 g/mol. The summed E-state index contributed by atoms with van der Waals surface area (Å²) in [6.07, 6.45) is 0. The number of hydrogen-bond donors (Lipinski definition) is 0. The van der Waals surface area contributed by atoms with Crippen LogP contribution in [0.3, 0.4) is 0 Å². The van der Waals surface area contributed by atoms with Crippen LogP contribution in [0, 0.1) is 11.3 Å². The number of rotatable bonds is 6. The second-order valence-electron chi connectivity index (χ2n) is 5.32. The maximum atomic E-state index is 9.34. The van der Waals surface area contributed by atoms with Gasteiger partial charge in [-0.15, -0.1) is 23.5 Å². The fourth-order valence-corrected chi connectivity index (χ4v) is 4.24. The summed E-state index contributed by atoms with van der Waals surface area (Å²) >= 11 is 3.53. The van der Waals surface area contributed by atoms with Gasteiger partial charge in [0.2, 0.25) is 0 Å². The lowest BCUT2D eigenvalue weighted by Crippen LogP contribution is -1.86. The molecular formula is C21H17NS2. The Labute approximate surface area is 151 Å². The molecular weight excluding hydrogens is 330 g/mol. The molecule has 0 bridgehead atoms. The molecule has 1 nitrogen and oxygen atoms in total. The molecule has 0 fully saturated rings.